The van der Waals surface area contributed by atoms with E-state index in [4.69, 9.17) is 9.84 Å². The summed E-state index contributed by atoms with van der Waals surface area (Å²) in [5.74, 6) is -0.777. The van der Waals surface area contributed by atoms with Crippen LogP contribution >= 0.6 is 0 Å². The van der Waals surface area contributed by atoms with Crippen LogP contribution < -0.4 is 0 Å². The molecule has 0 aromatic carbocycles. The summed E-state index contributed by atoms with van der Waals surface area (Å²) in [6, 6.07) is 0. The maximum absolute atomic E-state index is 10.8. The van der Waals surface area contributed by atoms with Gasteiger partial charge in [0.05, 0.1) is 13.7 Å². The van der Waals surface area contributed by atoms with Crippen LogP contribution in [0, 0.1) is 0 Å². The van der Waals surface area contributed by atoms with Gasteiger partial charge in [0.15, 0.2) is 0 Å². The number of aliphatic hydroxyl groups excluding tert-OH is 1. The van der Waals surface area contributed by atoms with Crippen molar-refractivity contribution >= 4 is 5.97 Å². The van der Waals surface area contributed by atoms with Gasteiger partial charge >= 0.3 is 5.97 Å². The number of hydrogen-bond acceptors (Lipinski definition) is 4. The second-order valence-electron chi connectivity index (χ2n) is 4.08. The Morgan fingerprint density at radius 2 is 1.94 bits per heavy atom. The van der Waals surface area contributed by atoms with Crippen molar-refractivity contribution < 1.29 is 19.4 Å². The van der Waals surface area contributed by atoms with Crippen molar-refractivity contribution in [1.29, 1.82) is 0 Å². The molecule has 0 bridgehead atoms. The molecule has 1 unspecified atom stereocenters. The lowest BCUT2D eigenvalue weighted by molar-refractivity contribution is -0.177. The van der Waals surface area contributed by atoms with Crippen LogP contribution in [0.4, 0.5) is 0 Å². The third kappa shape index (κ3) is 8.65. The standard InChI is InChI=1S/C13H22O4/c1-10(2)6-5-7-11(3)8-9-17-13(15)12(14)16-4/h6,8,13,15H,5,7,9H2,1-4H3/b11-8+. The molecule has 0 saturated heterocycles. The highest BCUT2D eigenvalue weighted by molar-refractivity contribution is 5.72. The molecule has 4 heteroatoms. The van der Waals surface area contributed by atoms with Gasteiger partial charge in [0.1, 0.15) is 0 Å². The number of carbonyl (C=O) groups is 1. The Bertz CT molecular complexity index is 288. The van der Waals surface area contributed by atoms with Crippen molar-refractivity contribution in [3.8, 4) is 0 Å². The minimum Gasteiger partial charge on any atom is -0.465 e. The number of rotatable bonds is 7. The lowest BCUT2D eigenvalue weighted by atomic mass is 10.1. The fraction of sp³-hybridized carbons (Fsp3) is 0.615. The fourth-order valence-corrected chi connectivity index (χ4v) is 1.14. The third-order valence-corrected chi connectivity index (χ3v) is 2.18. The van der Waals surface area contributed by atoms with Crippen LogP contribution in [0.3, 0.4) is 0 Å². The average molecular weight is 242 g/mol. The normalized spacial score (nSPS) is 13.1. The van der Waals surface area contributed by atoms with Gasteiger partial charge in [-0.05, 0) is 33.6 Å². The van der Waals surface area contributed by atoms with Crippen LogP contribution in [0.2, 0.25) is 0 Å². The Kier molecular flexibility index (Phi) is 8.36. The number of carbonyl (C=O) groups excluding carboxylic acids is 1. The first kappa shape index (κ1) is 15.9. The van der Waals surface area contributed by atoms with Crippen LogP contribution in [-0.2, 0) is 14.3 Å². The van der Waals surface area contributed by atoms with E-state index in [1.165, 1.54) is 18.3 Å². The number of esters is 1. The lowest BCUT2D eigenvalue weighted by Crippen LogP contribution is -2.25. The summed E-state index contributed by atoms with van der Waals surface area (Å²) in [7, 11) is 1.20. The Morgan fingerprint density at radius 3 is 2.47 bits per heavy atom. The second kappa shape index (κ2) is 8.96. The van der Waals surface area contributed by atoms with Gasteiger partial charge in [-0.2, -0.15) is 0 Å². The summed E-state index contributed by atoms with van der Waals surface area (Å²) < 4.78 is 9.20. The number of aliphatic hydroxyl groups is 1. The van der Waals surface area contributed by atoms with Crippen LogP contribution in [0.5, 0.6) is 0 Å². The van der Waals surface area contributed by atoms with E-state index in [2.05, 4.69) is 24.7 Å². The van der Waals surface area contributed by atoms with E-state index >= 15 is 0 Å². The Morgan fingerprint density at radius 1 is 1.29 bits per heavy atom. The first-order chi connectivity index (χ1) is 7.97. The topological polar surface area (TPSA) is 55.8 Å². The predicted molar refractivity (Wildman–Crippen MR) is 66.4 cm³/mol. The highest BCUT2D eigenvalue weighted by Gasteiger charge is 2.14. The molecule has 4 nitrogen and oxygen atoms in total. The molecule has 0 spiro atoms. The summed E-state index contributed by atoms with van der Waals surface area (Å²) in [4.78, 5) is 10.8. The number of allylic oxidation sites excluding steroid dienone is 3. The van der Waals surface area contributed by atoms with Crippen molar-refractivity contribution in [2.24, 2.45) is 0 Å². The Hall–Kier alpha value is -1.13. The molecule has 0 rings (SSSR count). The van der Waals surface area contributed by atoms with E-state index in [9.17, 15) is 4.79 Å². The monoisotopic (exact) mass is 242 g/mol. The SMILES string of the molecule is COC(=O)C(O)OC/C=C(\C)CCC=C(C)C. The van der Waals surface area contributed by atoms with Crippen LogP contribution in [-0.4, -0.2) is 31.1 Å². The van der Waals surface area contributed by atoms with Gasteiger partial charge in [0, 0.05) is 0 Å². The van der Waals surface area contributed by atoms with Gasteiger partial charge in [-0.15, -0.1) is 0 Å². The van der Waals surface area contributed by atoms with Crippen molar-refractivity contribution in [2.45, 2.75) is 39.9 Å². The molecular weight excluding hydrogens is 220 g/mol. The molecule has 0 aromatic heterocycles. The van der Waals surface area contributed by atoms with E-state index in [-0.39, 0.29) is 6.61 Å². The zero-order valence-corrected chi connectivity index (χ0v) is 11.0. The largest absolute Gasteiger partial charge is 0.465 e. The minimum atomic E-state index is -1.50. The predicted octanol–water partition coefficient (Wildman–Crippen LogP) is 2.19. The summed E-state index contributed by atoms with van der Waals surface area (Å²) in [6.45, 7) is 6.33. The molecule has 0 aliphatic carbocycles. The van der Waals surface area contributed by atoms with Gasteiger partial charge in [-0.3, -0.25) is 0 Å². The zero-order chi connectivity index (χ0) is 13.3. The van der Waals surface area contributed by atoms with E-state index in [1.54, 1.807) is 0 Å². The molecule has 0 fully saturated rings. The highest BCUT2D eigenvalue weighted by Crippen LogP contribution is 2.06. The fourth-order valence-electron chi connectivity index (χ4n) is 1.14. The Balaban J connectivity index is 3.84. The first-order valence-electron chi connectivity index (χ1n) is 5.64. The lowest BCUT2D eigenvalue weighted by Gasteiger charge is -2.07. The highest BCUT2D eigenvalue weighted by atomic mass is 16.6. The summed E-state index contributed by atoms with van der Waals surface area (Å²) in [5.41, 5.74) is 2.47. The molecule has 1 N–H and O–H groups in total. The molecule has 1 atom stereocenters. The molecule has 0 aliphatic rings. The van der Waals surface area contributed by atoms with Crippen LogP contribution in [0.1, 0.15) is 33.6 Å². The maximum atomic E-state index is 10.8. The summed E-state index contributed by atoms with van der Waals surface area (Å²) >= 11 is 0. The van der Waals surface area contributed by atoms with Gasteiger partial charge < -0.3 is 14.6 Å². The van der Waals surface area contributed by atoms with Crippen LogP contribution in [0.15, 0.2) is 23.3 Å². The summed E-state index contributed by atoms with van der Waals surface area (Å²) in [6.07, 6.45) is 4.46. The van der Waals surface area contributed by atoms with E-state index in [0.29, 0.717) is 0 Å². The van der Waals surface area contributed by atoms with Crippen molar-refractivity contribution in [2.75, 3.05) is 13.7 Å². The van der Waals surface area contributed by atoms with Crippen LogP contribution in [0.25, 0.3) is 0 Å². The Labute approximate surface area is 103 Å². The van der Waals surface area contributed by atoms with Crippen molar-refractivity contribution in [3.05, 3.63) is 23.3 Å². The number of methoxy groups -OCH3 is 1. The molecule has 17 heavy (non-hydrogen) atoms. The average Bonchev–Trinajstić information content (AvgIpc) is 2.27. The molecule has 0 amide bonds. The van der Waals surface area contributed by atoms with Crippen molar-refractivity contribution in [3.63, 3.8) is 0 Å². The second-order valence-corrected chi connectivity index (χ2v) is 4.08. The molecule has 98 valence electrons. The molecule has 0 aromatic rings. The quantitative estimate of drug-likeness (QED) is 0.422. The van der Waals surface area contributed by atoms with Gasteiger partial charge in [0.2, 0.25) is 0 Å². The number of hydrogen-bond donors (Lipinski definition) is 1. The van der Waals surface area contributed by atoms with E-state index < -0.39 is 12.3 Å². The van der Waals surface area contributed by atoms with E-state index in [1.807, 2.05) is 13.0 Å². The molecule has 0 radical (unpaired) electrons. The number of ether oxygens (including phenoxy) is 2. The van der Waals surface area contributed by atoms with Crippen molar-refractivity contribution in [1.82, 2.24) is 0 Å². The molecule has 0 heterocycles. The third-order valence-electron chi connectivity index (χ3n) is 2.18. The molecule has 0 aliphatic heterocycles. The summed E-state index contributed by atoms with van der Waals surface area (Å²) in [5, 5.41) is 9.14. The molecule has 0 saturated carbocycles. The molecular formula is C13H22O4. The van der Waals surface area contributed by atoms with Gasteiger partial charge in [-0.25, -0.2) is 4.79 Å². The van der Waals surface area contributed by atoms with Gasteiger partial charge in [0.25, 0.3) is 6.29 Å². The van der Waals surface area contributed by atoms with E-state index in [0.717, 1.165) is 12.8 Å². The first-order valence-corrected chi connectivity index (χ1v) is 5.64. The maximum Gasteiger partial charge on any atom is 0.363 e. The van der Waals surface area contributed by atoms with Gasteiger partial charge in [-0.1, -0.05) is 23.3 Å². The smallest absolute Gasteiger partial charge is 0.363 e. The zero-order valence-electron chi connectivity index (χ0n) is 11.0. The minimum absolute atomic E-state index is 0.205.